The van der Waals surface area contributed by atoms with Crippen molar-refractivity contribution in [2.45, 2.75) is 32.0 Å². The average Bonchev–Trinajstić information content (AvgIpc) is 3.41. The SMILES string of the molecule is CN(Cc1ncc[nH]1)Cc1ccc2n(c1=O)C[C@H]1C[C@@H]2CN(C/C=C/c2ccccc2)C1.O=CO.O=CO. The van der Waals surface area contributed by atoms with Crippen LogP contribution in [0.25, 0.3) is 6.08 Å². The monoisotopic (exact) mass is 521 g/mol. The van der Waals surface area contributed by atoms with E-state index >= 15 is 0 Å². The Kier molecular flexibility index (Phi) is 11.0. The average molecular weight is 522 g/mol. The molecule has 10 heteroatoms. The van der Waals surface area contributed by atoms with Crippen molar-refractivity contribution >= 4 is 19.0 Å². The summed E-state index contributed by atoms with van der Waals surface area (Å²) in [4.78, 5) is 42.1. The third-order valence-corrected chi connectivity index (χ3v) is 6.65. The number of hydrogen-bond donors (Lipinski definition) is 3. The van der Waals surface area contributed by atoms with Gasteiger partial charge in [0.05, 0.1) is 6.54 Å². The number of H-pyrrole nitrogens is 1. The molecule has 4 heterocycles. The summed E-state index contributed by atoms with van der Waals surface area (Å²) < 4.78 is 2.06. The van der Waals surface area contributed by atoms with Gasteiger partial charge in [0.2, 0.25) is 0 Å². The van der Waals surface area contributed by atoms with Crippen molar-refractivity contribution in [1.82, 2.24) is 24.3 Å². The smallest absolute Gasteiger partial charge is 0.290 e. The summed E-state index contributed by atoms with van der Waals surface area (Å²) in [5.74, 6) is 1.90. The number of hydrogen-bond acceptors (Lipinski definition) is 6. The Morgan fingerprint density at radius 3 is 2.47 bits per heavy atom. The number of carboxylic acid groups (broad SMARTS) is 2. The zero-order valence-corrected chi connectivity index (χ0v) is 21.5. The van der Waals surface area contributed by atoms with Crippen LogP contribution in [0, 0.1) is 5.92 Å². The second-order valence-corrected chi connectivity index (χ2v) is 9.45. The zero-order chi connectivity index (χ0) is 27.3. The lowest BCUT2D eigenvalue weighted by atomic mass is 9.83. The first-order valence-electron chi connectivity index (χ1n) is 12.5. The number of nitrogens with zero attached hydrogens (tertiary/aromatic N) is 4. The van der Waals surface area contributed by atoms with E-state index in [4.69, 9.17) is 19.8 Å². The molecular weight excluding hydrogens is 486 g/mol. The molecule has 1 aromatic carbocycles. The van der Waals surface area contributed by atoms with Gasteiger partial charge >= 0.3 is 0 Å². The molecule has 0 amide bonds. The van der Waals surface area contributed by atoms with Gasteiger partial charge in [-0.1, -0.05) is 48.6 Å². The number of nitrogens with one attached hydrogen (secondary N) is 1. The lowest BCUT2D eigenvalue weighted by molar-refractivity contribution is -0.123. The minimum absolute atomic E-state index is 0.181. The number of pyridine rings is 1. The predicted octanol–water partition coefficient (Wildman–Crippen LogP) is 2.74. The summed E-state index contributed by atoms with van der Waals surface area (Å²) in [6.07, 6.45) is 9.25. The molecule has 0 aliphatic carbocycles. The van der Waals surface area contributed by atoms with Crippen LogP contribution < -0.4 is 5.56 Å². The Bertz CT molecular complexity index is 1220. The molecule has 0 unspecified atom stereocenters. The van der Waals surface area contributed by atoms with Crippen LogP contribution in [-0.4, -0.2) is 74.2 Å². The minimum atomic E-state index is -0.250. The van der Waals surface area contributed by atoms with Gasteiger partial charge in [-0.25, -0.2) is 4.98 Å². The third-order valence-electron chi connectivity index (χ3n) is 6.65. The first kappa shape index (κ1) is 28.5. The summed E-state index contributed by atoms with van der Waals surface area (Å²) >= 11 is 0. The topological polar surface area (TPSA) is 132 Å². The maximum Gasteiger partial charge on any atom is 0.290 e. The molecule has 2 aliphatic rings. The maximum atomic E-state index is 13.3. The molecule has 3 N–H and O–H groups in total. The maximum absolute atomic E-state index is 13.3. The van der Waals surface area contributed by atoms with Crippen molar-refractivity contribution in [3.05, 3.63) is 93.9 Å². The van der Waals surface area contributed by atoms with E-state index in [-0.39, 0.29) is 18.5 Å². The van der Waals surface area contributed by atoms with Gasteiger partial charge in [0.15, 0.2) is 0 Å². The Morgan fingerprint density at radius 2 is 1.79 bits per heavy atom. The predicted molar refractivity (Wildman–Crippen MR) is 145 cm³/mol. The van der Waals surface area contributed by atoms with E-state index in [2.05, 4.69) is 66.8 Å². The Hall–Kier alpha value is -4.02. The van der Waals surface area contributed by atoms with Crippen LogP contribution in [0.5, 0.6) is 0 Å². The van der Waals surface area contributed by atoms with E-state index in [1.54, 1.807) is 6.20 Å². The molecule has 0 radical (unpaired) electrons. The van der Waals surface area contributed by atoms with Gasteiger partial charge in [0.25, 0.3) is 18.5 Å². The first-order chi connectivity index (χ1) is 18.5. The Labute approximate surface area is 221 Å². The second-order valence-electron chi connectivity index (χ2n) is 9.45. The summed E-state index contributed by atoms with van der Waals surface area (Å²) in [7, 11) is 2.03. The Balaban J connectivity index is 0.000000611. The number of carbonyl (C=O) groups is 2. The molecule has 10 nitrogen and oxygen atoms in total. The highest BCUT2D eigenvalue weighted by Crippen LogP contribution is 2.35. The van der Waals surface area contributed by atoms with Gasteiger partial charge in [-0.15, -0.1) is 0 Å². The lowest BCUT2D eigenvalue weighted by Gasteiger charge is -2.42. The van der Waals surface area contributed by atoms with E-state index in [1.807, 2.05) is 25.4 Å². The molecule has 2 aliphatic heterocycles. The van der Waals surface area contributed by atoms with Crippen LogP contribution in [0.4, 0.5) is 0 Å². The molecule has 1 saturated heterocycles. The first-order valence-corrected chi connectivity index (χ1v) is 12.5. The minimum Gasteiger partial charge on any atom is -0.483 e. The molecule has 3 aromatic rings. The van der Waals surface area contributed by atoms with Crippen molar-refractivity contribution < 1.29 is 19.8 Å². The number of fused-ring (bicyclic) bond motifs is 4. The fourth-order valence-corrected chi connectivity index (χ4v) is 5.25. The van der Waals surface area contributed by atoms with E-state index in [1.165, 1.54) is 17.7 Å². The molecule has 5 rings (SSSR count). The van der Waals surface area contributed by atoms with Crippen LogP contribution in [-0.2, 0) is 29.2 Å². The molecule has 2 aromatic heterocycles. The largest absolute Gasteiger partial charge is 0.483 e. The van der Waals surface area contributed by atoms with E-state index in [0.717, 1.165) is 37.6 Å². The van der Waals surface area contributed by atoms with Gasteiger partial charge in [-0.2, -0.15) is 0 Å². The van der Waals surface area contributed by atoms with E-state index < -0.39 is 0 Å². The van der Waals surface area contributed by atoms with Gasteiger partial charge in [-0.05, 0) is 31.0 Å². The van der Waals surface area contributed by atoms with Crippen LogP contribution >= 0.6 is 0 Å². The number of likely N-dealkylation sites (tertiary alicyclic amines) is 1. The summed E-state index contributed by atoms with van der Waals surface area (Å²) in [6.45, 7) is 4.70. The van der Waals surface area contributed by atoms with Gasteiger partial charge < -0.3 is 19.8 Å². The number of imidazole rings is 1. The highest BCUT2D eigenvalue weighted by Gasteiger charge is 2.34. The van der Waals surface area contributed by atoms with Crippen LogP contribution in [0.1, 0.15) is 35.0 Å². The molecule has 0 spiro atoms. The standard InChI is InChI=1S/C26H31N5O.2CH2O2/c1-29(19-25-27-11-12-28-25)17-22-9-10-24-23-14-21(16-31(24)26(22)32)15-30(18-23)13-5-8-20-6-3-2-4-7-20;2*2-1-3/h2-12,21,23H,13-19H2,1H3,(H,27,28);2*1H,(H,2,3)/b8-5+;;/t21-,23+;;/m0../s1. The van der Waals surface area contributed by atoms with Crippen molar-refractivity contribution in [2.24, 2.45) is 5.92 Å². The highest BCUT2D eigenvalue weighted by molar-refractivity contribution is 5.48. The summed E-state index contributed by atoms with van der Waals surface area (Å²) in [5, 5.41) is 13.8. The fraction of sp³-hybridized carbons (Fsp3) is 0.357. The lowest BCUT2D eigenvalue weighted by Crippen LogP contribution is -2.47. The molecule has 1 fully saturated rings. The zero-order valence-electron chi connectivity index (χ0n) is 21.5. The van der Waals surface area contributed by atoms with Crippen molar-refractivity contribution in [3.8, 4) is 0 Å². The third kappa shape index (κ3) is 7.99. The van der Waals surface area contributed by atoms with Crippen molar-refractivity contribution in [2.75, 3.05) is 26.7 Å². The number of benzene rings is 1. The number of aromatic amines is 1. The van der Waals surface area contributed by atoms with Crippen molar-refractivity contribution in [1.29, 1.82) is 0 Å². The number of rotatable bonds is 7. The van der Waals surface area contributed by atoms with Crippen LogP contribution in [0.15, 0.2) is 65.7 Å². The molecule has 202 valence electrons. The van der Waals surface area contributed by atoms with Crippen LogP contribution in [0.2, 0.25) is 0 Å². The highest BCUT2D eigenvalue weighted by atomic mass is 16.3. The Morgan fingerprint density at radius 1 is 1.05 bits per heavy atom. The molecular formula is C28H35N5O5. The van der Waals surface area contributed by atoms with E-state index in [0.29, 0.717) is 24.9 Å². The van der Waals surface area contributed by atoms with Crippen molar-refractivity contribution in [3.63, 3.8) is 0 Å². The molecule has 0 saturated carbocycles. The van der Waals surface area contributed by atoms with Gasteiger partial charge in [-0.3, -0.25) is 24.2 Å². The summed E-state index contributed by atoms with van der Waals surface area (Å²) in [6, 6.07) is 14.7. The molecule has 2 atom stereocenters. The molecule has 2 bridgehead atoms. The molecule has 38 heavy (non-hydrogen) atoms. The van der Waals surface area contributed by atoms with Crippen LogP contribution in [0.3, 0.4) is 0 Å². The van der Waals surface area contributed by atoms with Gasteiger partial charge in [0, 0.05) is 62.3 Å². The quantitative estimate of drug-likeness (QED) is 0.405. The van der Waals surface area contributed by atoms with Gasteiger partial charge in [0.1, 0.15) is 5.82 Å². The number of piperidine rings is 1. The van der Waals surface area contributed by atoms with E-state index in [9.17, 15) is 4.79 Å². The fourth-order valence-electron chi connectivity index (χ4n) is 5.25. The normalized spacial score (nSPS) is 18.1. The number of aromatic nitrogens is 3. The second kappa shape index (κ2) is 14.7. The summed E-state index contributed by atoms with van der Waals surface area (Å²) in [5.41, 5.74) is 3.50.